The van der Waals surface area contributed by atoms with E-state index < -0.39 is 0 Å². The van der Waals surface area contributed by atoms with Gasteiger partial charge in [0, 0.05) is 71.1 Å². The number of rotatable bonds is 7. The summed E-state index contributed by atoms with van der Waals surface area (Å²) in [6.45, 7) is 0. The van der Waals surface area contributed by atoms with E-state index >= 15 is 0 Å². The Bertz CT molecular complexity index is 4330. The molecule has 0 aliphatic carbocycles. The molecule has 0 bridgehead atoms. The van der Waals surface area contributed by atoms with E-state index in [1.165, 1.54) is 0 Å². The van der Waals surface area contributed by atoms with Crippen LogP contribution >= 0.6 is 0 Å². The zero-order valence-electron chi connectivity index (χ0n) is 37.7. The second-order valence-electron chi connectivity index (χ2n) is 17.8. The van der Waals surface area contributed by atoms with Crippen molar-refractivity contribution < 1.29 is 8.83 Å². The normalized spacial score (nSPS) is 11.7. The quantitative estimate of drug-likeness (QED) is 0.149. The van der Waals surface area contributed by atoms with Gasteiger partial charge in [-0.05, 0) is 58.7 Å². The van der Waals surface area contributed by atoms with Crippen molar-refractivity contribution in [1.82, 2.24) is 15.0 Å². The molecule has 4 heterocycles. The van der Waals surface area contributed by atoms with E-state index in [-0.39, 0.29) is 0 Å². The third kappa shape index (κ3) is 6.59. The van der Waals surface area contributed by atoms with Crippen LogP contribution in [0.1, 0.15) is 0 Å². The number of para-hydroxylation sites is 4. The van der Waals surface area contributed by atoms with E-state index in [1.54, 1.807) is 0 Å². The van der Waals surface area contributed by atoms with Crippen LogP contribution in [-0.2, 0) is 0 Å². The molecule has 326 valence electrons. The van der Waals surface area contributed by atoms with Gasteiger partial charge in [-0.3, -0.25) is 0 Å². The molecule has 0 saturated heterocycles. The largest absolute Gasteiger partial charge is 0.456 e. The van der Waals surface area contributed by atoms with Gasteiger partial charge in [-0.1, -0.05) is 200 Å². The first kappa shape index (κ1) is 39.7. The maximum Gasteiger partial charge on any atom is 0.160 e. The van der Waals surface area contributed by atoms with Gasteiger partial charge >= 0.3 is 0 Å². The minimum atomic E-state index is 0.657. The third-order valence-electron chi connectivity index (χ3n) is 13.7. The zero-order valence-corrected chi connectivity index (χ0v) is 37.7. The minimum Gasteiger partial charge on any atom is -0.456 e. The van der Waals surface area contributed by atoms with E-state index in [9.17, 15) is 0 Å². The number of benzene rings is 10. The average Bonchev–Trinajstić information content (AvgIpc) is 4.01. The summed E-state index contributed by atoms with van der Waals surface area (Å²) >= 11 is 0. The smallest absolute Gasteiger partial charge is 0.160 e. The first-order chi connectivity index (χ1) is 34.7. The summed E-state index contributed by atoms with van der Waals surface area (Å²) in [6, 6.07) is 82.5. The highest BCUT2D eigenvalue weighted by molar-refractivity contribution is 6.27. The van der Waals surface area contributed by atoms with Crippen LogP contribution in [0.15, 0.2) is 245 Å². The molecular formula is C65H39N3O2. The van der Waals surface area contributed by atoms with E-state index in [4.69, 9.17) is 23.8 Å². The second-order valence-corrected chi connectivity index (χ2v) is 17.8. The van der Waals surface area contributed by atoms with Crippen LogP contribution in [0.3, 0.4) is 0 Å². The lowest BCUT2D eigenvalue weighted by atomic mass is 9.89. The van der Waals surface area contributed by atoms with Crippen LogP contribution in [-0.4, -0.2) is 15.0 Å². The number of pyridine rings is 1. The van der Waals surface area contributed by atoms with E-state index in [1.807, 2.05) is 36.4 Å². The van der Waals surface area contributed by atoms with Gasteiger partial charge < -0.3 is 8.83 Å². The highest BCUT2D eigenvalue weighted by Gasteiger charge is 2.22. The van der Waals surface area contributed by atoms with Crippen molar-refractivity contribution in [3.63, 3.8) is 0 Å². The summed E-state index contributed by atoms with van der Waals surface area (Å²) in [5.74, 6) is 0.657. The lowest BCUT2D eigenvalue weighted by Crippen LogP contribution is -1.96. The fraction of sp³-hybridized carbons (Fsp3) is 0. The van der Waals surface area contributed by atoms with Crippen LogP contribution in [0.25, 0.3) is 144 Å². The summed E-state index contributed by atoms with van der Waals surface area (Å²) < 4.78 is 13.0. The Kier molecular flexibility index (Phi) is 9.14. The Morgan fingerprint density at radius 3 is 1.64 bits per heavy atom. The molecule has 0 amide bonds. The molecule has 0 unspecified atom stereocenters. The Morgan fingerprint density at radius 1 is 0.286 bits per heavy atom. The van der Waals surface area contributed by atoms with E-state index in [0.29, 0.717) is 5.82 Å². The van der Waals surface area contributed by atoms with Crippen molar-refractivity contribution in [1.29, 1.82) is 0 Å². The molecular weight excluding hydrogens is 855 g/mol. The Labute approximate surface area is 402 Å². The Hall–Kier alpha value is -9.45. The molecule has 0 aliphatic heterocycles. The Balaban J connectivity index is 0.854. The fourth-order valence-electron chi connectivity index (χ4n) is 10.4. The molecule has 14 aromatic rings. The average molecular weight is 894 g/mol. The highest BCUT2D eigenvalue weighted by atomic mass is 16.3. The molecule has 0 radical (unpaired) electrons. The van der Waals surface area contributed by atoms with E-state index in [0.717, 1.165) is 138 Å². The minimum absolute atomic E-state index is 0.657. The standard InChI is InChI=1S/C65H39N3O2/c1-3-15-42(16-4-1)55-39-56(68-65(67-55)45-35-31-41(32-36-45)48-24-14-25-50-49-21-8-11-27-57(49)70-64(48)50)47-20-13-19-46(37-47)40-29-33-44(34-30-40)63-53-38-59-62(52-23-9-12-28-58(52)69-59)60(43-17-5-2-6-18-43)61(53)51-22-7-10-26-54(51)66-63/h1-39H. The van der Waals surface area contributed by atoms with Crippen molar-refractivity contribution in [2.45, 2.75) is 0 Å². The molecule has 0 saturated carbocycles. The summed E-state index contributed by atoms with van der Waals surface area (Å²) in [5.41, 5.74) is 17.6. The molecule has 0 aliphatic rings. The summed E-state index contributed by atoms with van der Waals surface area (Å²) in [5, 5.41) is 7.76. The molecule has 4 aromatic heterocycles. The molecule has 0 N–H and O–H groups in total. The van der Waals surface area contributed by atoms with Gasteiger partial charge in [0.25, 0.3) is 0 Å². The van der Waals surface area contributed by atoms with Crippen LogP contribution < -0.4 is 0 Å². The third-order valence-corrected chi connectivity index (χ3v) is 13.7. The number of aromatic nitrogens is 3. The number of fused-ring (bicyclic) bond motifs is 9. The molecule has 10 aromatic carbocycles. The topological polar surface area (TPSA) is 65.0 Å². The molecule has 5 heteroatoms. The summed E-state index contributed by atoms with van der Waals surface area (Å²) in [6.07, 6.45) is 0. The first-order valence-corrected chi connectivity index (χ1v) is 23.6. The number of hydrogen-bond donors (Lipinski definition) is 0. The fourth-order valence-corrected chi connectivity index (χ4v) is 10.4. The van der Waals surface area contributed by atoms with Gasteiger partial charge in [0.1, 0.15) is 22.3 Å². The molecule has 0 fully saturated rings. The maximum atomic E-state index is 6.62. The van der Waals surface area contributed by atoms with Crippen molar-refractivity contribution in [2.24, 2.45) is 0 Å². The zero-order chi connectivity index (χ0) is 46.1. The number of hydrogen-bond acceptors (Lipinski definition) is 5. The number of furan rings is 2. The summed E-state index contributed by atoms with van der Waals surface area (Å²) in [4.78, 5) is 15.8. The molecule has 5 nitrogen and oxygen atoms in total. The monoisotopic (exact) mass is 893 g/mol. The van der Waals surface area contributed by atoms with Gasteiger partial charge in [-0.15, -0.1) is 0 Å². The predicted molar refractivity (Wildman–Crippen MR) is 287 cm³/mol. The number of nitrogens with zero attached hydrogens (tertiary/aromatic N) is 3. The molecule has 14 rings (SSSR count). The van der Waals surface area contributed by atoms with Crippen LogP contribution in [0, 0.1) is 0 Å². The lowest BCUT2D eigenvalue weighted by Gasteiger charge is -2.16. The van der Waals surface area contributed by atoms with E-state index in [2.05, 4.69) is 200 Å². The maximum absolute atomic E-state index is 6.62. The van der Waals surface area contributed by atoms with Crippen LogP contribution in [0.4, 0.5) is 0 Å². The molecule has 0 spiro atoms. The van der Waals surface area contributed by atoms with Crippen LogP contribution in [0.5, 0.6) is 0 Å². The molecule has 0 atom stereocenters. The van der Waals surface area contributed by atoms with Gasteiger partial charge in [-0.25, -0.2) is 15.0 Å². The van der Waals surface area contributed by atoms with Gasteiger partial charge in [0.05, 0.1) is 22.6 Å². The summed E-state index contributed by atoms with van der Waals surface area (Å²) in [7, 11) is 0. The van der Waals surface area contributed by atoms with Gasteiger partial charge in [0.15, 0.2) is 5.82 Å². The molecule has 70 heavy (non-hydrogen) atoms. The lowest BCUT2D eigenvalue weighted by molar-refractivity contribution is 0.669. The first-order valence-electron chi connectivity index (χ1n) is 23.6. The van der Waals surface area contributed by atoms with Crippen molar-refractivity contribution in [3.8, 4) is 78.5 Å². The predicted octanol–water partition coefficient (Wildman–Crippen LogP) is 17.6. The Morgan fingerprint density at radius 2 is 0.857 bits per heavy atom. The van der Waals surface area contributed by atoms with Crippen molar-refractivity contribution >= 4 is 65.6 Å². The highest BCUT2D eigenvalue weighted by Crippen LogP contribution is 2.46. The van der Waals surface area contributed by atoms with Crippen LogP contribution in [0.2, 0.25) is 0 Å². The van der Waals surface area contributed by atoms with Crippen molar-refractivity contribution in [3.05, 3.63) is 237 Å². The van der Waals surface area contributed by atoms with Crippen molar-refractivity contribution in [2.75, 3.05) is 0 Å². The van der Waals surface area contributed by atoms with Gasteiger partial charge in [0.2, 0.25) is 0 Å². The SMILES string of the molecule is c1ccc(-c2cc(-c3cccc(-c4ccc(-c5nc6ccccc6c6c(-c7ccccc7)c7c(cc56)oc5ccccc57)cc4)c3)nc(-c3ccc(-c4cccc5c4oc4ccccc45)cc3)n2)cc1. The van der Waals surface area contributed by atoms with Gasteiger partial charge in [-0.2, -0.15) is 0 Å². The second kappa shape index (κ2) is 16.1.